The van der Waals surface area contributed by atoms with Gasteiger partial charge in [-0.2, -0.15) is 18.3 Å². The number of benzene rings is 1. The molecular formula is C13H10F4N2. The molecule has 0 N–H and O–H groups in total. The van der Waals surface area contributed by atoms with E-state index in [-0.39, 0.29) is 11.3 Å². The lowest BCUT2D eigenvalue weighted by molar-refractivity contribution is -0.139. The predicted molar refractivity (Wildman–Crippen MR) is 60.9 cm³/mol. The van der Waals surface area contributed by atoms with Crippen LogP contribution in [0.1, 0.15) is 17.7 Å². The van der Waals surface area contributed by atoms with E-state index in [0.717, 1.165) is 31.1 Å². The van der Waals surface area contributed by atoms with Gasteiger partial charge in [0, 0.05) is 17.8 Å². The number of aromatic nitrogens is 2. The summed E-state index contributed by atoms with van der Waals surface area (Å²) in [6.07, 6.45) is -2.90. The summed E-state index contributed by atoms with van der Waals surface area (Å²) in [5, 5.41) is 4.15. The molecule has 19 heavy (non-hydrogen) atoms. The van der Waals surface area contributed by atoms with Crippen molar-refractivity contribution in [1.82, 2.24) is 9.78 Å². The van der Waals surface area contributed by atoms with Gasteiger partial charge in [0.1, 0.15) is 5.82 Å². The summed E-state index contributed by atoms with van der Waals surface area (Å²) in [6, 6.07) is 4.92. The number of nitrogens with zero attached hydrogens (tertiary/aromatic N) is 2. The maximum absolute atomic E-state index is 13.9. The molecule has 2 heterocycles. The normalized spacial score (nSPS) is 14.7. The number of hydrogen-bond acceptors (Lipinski definition) is 1. The zero-order chi connectivity index (χ0) is 13.6. The van der Waals surface area contributed by atoms with Gasteiger partial charge in [-0.25, -0.2) is 4.39 Å². The Morgan fingerprint density at radius 1 is 1.21 bits per heavy atom. The van der Waals surface area contributed by atoms with Crippen molar-refractivity contribution in [2.24, 2.45) is 0 Å². The van der Waals surface area contributed by atoms with E-state index in [1.807, 2.05) is 0 Å². The van der Waals surface area contributed by atoms with Crippen molar-refractivity contribution in [2.45, 2.75) is 25.6 Å². The summed E-state index contributed by atoms with van der Waals surface area (Å²) in [7, 11) is 0. The van der Waals surface area contributed by atoms with Gasteiger partial charge in [-0.1, -0.05) is 6.07 Å². The fourth-order valence-electron chi connectivity index (χ4n) is 2.34. The van der Waals surface area contributed by atoms with Crippen molar-refractivity contribution in [2.75, 3.05) is 0 Å². The van der Waals surface area contributed by atoms with Crippen LogP contribution in [0.3, 0.4) is 0 Å². The number of alkyl halides is 3. The second kappa shape index (κ2) is 4.08. The Kier molecular flexibility index (Phi) is 2.62. The van der Waals surface area contributed by atoms with Gasteiger partial charge in [0.25, 0.3) is 0 Å². The Hall–Kier alpha value is -1.85. The molecule has 1 aromatic carbocycles. The monoisotopic (exact) mass is 270 g/mol. The lowest BCUT2D eigenvalue weighted by Gasteiger charge is -2.09. The molecule has 0 saturated heterocycles. The topological polar surface area (TPSA) is 17.8 Å². The second-order valence-electron chi connectivity index (χ2n) is 4.51. The summed E-state index contributed by atoms with van der Waals surface area (Å²) in [5.74, 6) is -1.26. The Balaban J connectivity index is 2.10. The summed E-state index contributed by atoms with van der Waals surface area (Å²) in [4.78, 5) is 0. The molecule has 0 unspecified atom stereocenters. The minimum atomic E-state index is -4.69. The van der Waals surface area contributed by atoms with Gasteiger partial charge in [0.15, 0.2) is 0 Å². The summed E-state index contributed by atoms with van der Waals surface area (Å²) in [6.45, 7) is 0.732. The smallest absolute Gasteiger partial charge is 0.269 e. The molecule has 0 fully saturated rings. The summed E-state index contributed by atoms with van der Waals surface area (Å²) < 4.78 is 53.6. The lowest BCUT2D eigenvalue weighted by Crippen LogP contribution is -2.08. The molecule has 0 aliphatic carbocycles. The highest BCUT2D eigenvalue weighted by atomic mass is 19.4. The van der Waals surface area contributed by atoms with Crippen molar-refractivity contribution >= 4 is 0 Å². The minimum Gasteiger partial charge on any atom is -0.269 e. The minimum absolute atomic E-state index is 0.100. The number of aryl methyl sites for hydroxylation is 2. The maximum atomic E-state index is 13.9. The van der Waals surface area contributed by atoms with Crippen molar-refractivity contribution in [1.29, 1.82) is 0 Å². The third-order valence-corrected chi connectivity index (χ3v) is 3.25. The van der Waals surface area contributed by atoms with Crippen molar-refractivity contribution in [3.8, 4) is 11.3 Å². The molecule has 0 amide bonds. The van der Waals surface area contributed by atoms with Crippen LogP contribution >= 0.6 is 0 Å². The zero-order valence-electron chi connectivity index (χ0n) is 9.84. The number of fused-ring (bicyclic) bond motifs is 1. The molecule has 1 aliphatic heterocycles. The average molecular weight is 270 g/mol. The molecule has 100 valence electrons. The van der Waals surface area contributed by atoms with Gasteiger partial charge < -0.3 is 0 Å². The van der Waals surface area contributed by atoms with Crippen LogP contribution in [0.5, 0.6) is 0 Å². The molecule has 3 rings (SSSR count). The van der Waals surface area contributed by atoms with E-state index in [2.05, 4.69) is 5.10 Å². The second-order valence-corrected chi connectivity index (χ2v) is 4.51. The van der Waals surface area contributed by atoms with Gasteiger partial charge in [0.05, 0.1) is 11.3 Å². The van der Waals surface area contributed by atoms with E-state index >= 15 is 0 Å². The molecular weight excluding hydrogens is 260 g/mol. The van der Waals surface area contributed by atoms with E-state index in [4.69, 9.17) is 0 Å². The van der Waals surface area contributed by atoms with E-state index in [9.17, 15) is 17.6 Å². The van der Waals surface area contributed by atoms with Crippen molar-refractivity contribution in [3.05, 3.63) is 41.3 Å². The fourth-order valence-corrected chi connectivity index (χ4v) is 2.34. The first-order valence-electron chi connectivity index (χ1n) is 5.89. The van der Waals surface area contributed by atoms with Crippen LogP contribution in [0.4, 0.5) is 17.6 Å². The lowest BCUT2D eigenvalue weighted by atomic mass is 10.1. The van der Waals surface area contributed by atoms with Crippen molar-refractivity contribution < 1.29 is 17.6 Å². The van der Waals surface area contributed by atoms with Gasteiger partial charge in [0.2, 0.25) is 0 Å². The third-order valence-electron chi connectivity index (χ3n) is 3.25. The molecule has 0 spiro atoms. The van der Waals surface area contributed by atoms with Gasteiger partial charge in [-0.15, -0.1) is 0 Å². The van der Waals surface area contributed by atoms with Gasteiger partial charge >= 0.3 is 6.18 Å². The van der Waals surface area contributed by atoms with E-state index in [1.165, 1.54) is 12.1 Å². The van der Waals surface area contributed by atoms with Crippen LogP contribution in [0.2, 0.25) is 0 Å². The molecule has 6 heteroatoms. The highest BCUT2D eigenvalue weighted by Crippen LogP contribution is 2.35. The zero-order valence-corrected chi connectivity index (χ0v) is 9.84. The molecule has 1 aromatic heterocycles. The standard InChI is InChI=1S/C13H10F4N2/c14-12-9(4-1-5-10(12)13(15,16)17)11-7-8-3-2-6-19(8)18-11/h1,4-5,7H,2-3,6H2. The highest BCUT2D eigenvalue weighted by molar-refractivity contribution is 5.62. The Morgan fingerprint density at radius 2 is 2.00 bits per heavy atom. The highest BCUT2D eigenvalue weighted by Gasteiger charge is 2.35. The number of halogens is 4. The summed E-state index contributed by atoms with van der Waals surface area (Å²) >= 11 is 0. The van der Waals surface area contributed by atoms with Crippen LogP contribution in [0.25, 0.3) is 11.3 Å². The van der Waals surface area contributed by atoms with Crippen LogP contribution < -0.4 is 0 Å². The first-order chi connectivity index (χ1) is 8.97. The number of hydrogen-bond donors (Lipinski definition) is 0. The predicted octanol–water partition coefficient (Wildman–Crippen LogP) is 3.65. The van der Waals surface area contributed by atoms with Crippen LogP contribution in [0.15, 0.2) is 24.3 Å². The molecule has 0 bridgehead atoms. The Labute approximate surface area is 106 Å². The molecule has 0 saturated carbocycles. The quantitative estimate of drug-likeness (QED) is 0.723. The van der Waals surface area contributed by atoms with Crippen LogP contribution in [0, 0.1) is 5.82 Å². The molecule has 0 atom stereocenters. The van der Waals surface area contributed by atoms with Gasteiger partial charge in [-0.05, 0) is 31.0 Å². The van der Waals surface area contributed by atoms with E-state index < -0.39 is 17.6 Å². The molecule has 0 radical (unpaired) electrons. The summed E-state index contributed by atoms with van der Waals surface area (Å²) in [5.41, 5.74) is -0.153. The molecule has 2 aromatic rings. The van der Waals surface area contributed by atoms with Crippen LogP contribution in [-0.2, 0) is 19.1 Å². The first-order valence-corrected chi connectivity index (χ1v) is 5.89. The van der Waals surface area contributed by atoms with Crippen LogP contribution in [-0.4, -0.2) is 9.78 Å². The first kappa shape index (κ1) is 12.2. The average Bonchev–Trinajstić information content (AvgIpc) is 2.87. The Morgan fingerprint density at radius 3 is 2.68 bits per heavy atom. The van der Waals surface area contributed by atoms with Crippen molar-refractivity contribution in [3.63, 3.8) is 0 Å². The largest absolute Gasteiger partial charge is 0.419 e. The molecule has 2 nitrogen and oxygen atoms in total. The van der Waals surface area contributed by atoms with E-state index in [0.29, 0.717) is 0 Å². The molecule has 1 aliphatic rings. The maximum Gasteiger partial charge on any atom is 0.419 e. The fraction of sp³-hybridized carbons (Fsp3) is 0.308. The van der Waals surface area contributed by atoms with Gasteiger partial charge in [-0.3, -0.25) is 4.68 Å². The number of rotatable bonds is 1. The van der Waals surface area contributed by atoms with E-state index in [1.54, 1.807) is 10.7 Å². The SMILES string of the molecule is Fc1c(-c2cc3n(n2)CCC3)cccc1C(F)(F)F. The Bertz CT molecular complexity index is 607. The third kappa shape index (κ3) is 2.01.